The predicted molar refractivity (Wildman–Crippen MR) is 74.2 cm³/mol. The van der Waals surface area contributed by atoms with Crippen LogP contribution in [0.25, 0.3) is 0 Å². The number of anilines is 1. The van der Waals surface area contributed by atoms with Crippen LogP contribution in [0.2, 0.25) is 0 Å². The van der Waals surface area contributed by atoms with Gasteiger partial charge in [-0.15, -0.1) is 0 Å². The van der Waals surface area contributed by atoms with Crippen molar-refractivity contribution >= 4 is 17.5 Å². The van der Waals surface area contributed by atoms with Crippen LogP contribution in [0.15, 0.2) is 24.3 Å². The molecule has 1 aromatic carbocycles. The van der Waals surface area contributed by atoms with E-state index in [4.69, 9.17) is 4.74 Å². The number of amides is 2. The molecule has 0 heterocycles. The van der Waals surface area contributed by atoms with Crippen LogP contribution in [0.5, 0.6) is 0 Å². The van der Waals surface area contributed by atoms with Crippen LogP contribution in [0, 0.1) is 0 Å². The van der Waals surface area contributed by atoms with Gasteiger partial charge in [-0.3, -0.25) is 9.59 Å². The zero-order chi connectivity index (χ0) is 14.4. The van der Waals surface area contributed by atoms with Crippen LogP contribution in [0.4, 0.5) is 5.69 Å². The zero-order valence-corrected chi connectivity index (χ0v) is 11.8. The molecule has 0 saturated heterocycles. The summed E-state index contributed by atoms with van der Waals surface area (Å²) in [5.41, 5.74) is 0.962. The first kappa shape index (κ1) is 15.2. The van der Waals surface area contributed by atoms with E-state index in [2.05, 4.69) is 5.32 Å². The van der Waals surface area contributed by atoms with Crippen molar-refractivity contribution in [1.29, 1.82) is 0 Å². The molecule has 1 N–H and O–H groups in total. The maximum atomic E-state index is 12.0. The lowest BCUT2D eigenvalue weighted by atomic mass is 10.1. The Morgan fingerprint density at radius 3 is 2.47 bits per heavy atom. The Balaban J connectivity index is 2.78. The third-order valence-electron chi connectivity index (χ3n) is 2.39. The van der Waals surface area contributed by atoms with E-state index in [9.17, 15) is 9.59 Å². The van der Waals surface area contributed by atoms with Gasteiger partial charge in [-0.05, 0) is 26.0 Å². The molecular weight excluding hydrogens is 244 g/mol. The highest BCUT2D eigenvalue weighted by Gasteiger charge is 2.14. The van der Waals surface area contributed by atoms with Gasteiger partial charge in [-0.25, -0.2) is 0 Å². The van der Waals surface area contributed by atoms with Gasteiger partial charge in [0.2, 0.25) is 5.91 Å². The van der Waals surface area contributed by atoms with Gasteiger partial charge in [-0.2, -0.15) is 0 Å². The van der Waals surface area contributed by atoms with Crippen LogP contribution in [0.1, 0.15) is 24.2 Å². The average molecular weight is 264 g/mol. The van der Waals surface area contributed by atoms with Crippen molar-refractivity contribution in [2.24, 2.45) is 0 Å². The van der Waals surface area contributed by atoms with Gasteiger partial charge in [0.05, 0.1) is 17.4 Å². The zero-order valence-electron chi connectivity index (χ0n) is 11.8. The number of hydrogen-bond acceptors (Lipinski definition) is 3. The second-order valence-electron chi connectivity index (χ2n) is 4.65. The van der Waals surface area contributed by atoms with E-state index in [1.165, 1.54) is 4.90 Å². The van der Waals surface area contributed by atoms with Crippen molar-refractivity contribution in [2.75, 3.05) is 26.0 Å². The van der Waals surface area contributed by atoms with Crippen LogP contribution < -0.4 is 5.32 Å². The monoisotopic (exact) mass is 264 g/mol. The van der Waals surface area contributed by atoms with Crippen molar-refractivity contribution < 1.29 is 14.3 Å². The molecule has 0 radical (unpaired) electrons. The molecular formula is C14H20N2O3. The molecule has 104 valence electrons. The largest absolute Gasteiger partial charge is 0.369 e. The topological polar surface area (TPSA) is 58.6 Å². The third kappa shape index (κ3) is 4.71. The fourth-order valence-electron chi connectivity index (χ4n) is 1.45. The first-order valence-electron chi connectivity index (χ1n) is 6.14. The van der Waals surface area contributed by atoms with Gasteiger partial charge < -0.3 is 15.0 Å². The highest BCUT2D eigenvalue weighted by atomic mass is 16.5. The Morgan fingerprint density at radius 1 is 1.26 bits per heavy atom. The molecule has 0 aliphatic heterocycles. The number of rotatable bonds is 5. The summed E-state index contributed by atoms with van der Waals surface area (Å²) in [5.74, 6) is -0.423. The molecule has 1 rings (SSSR count). The van der Waals surface area contributed by atoms with E-state index >= 15 is 0 Å². The molecule has 19 heavy (non-hydrogen) atoms. The molecule has 0 spiro atoms. The van der Waals surface area contributed by atoms with Gasteiger partial charge >= 0.3 is 0 Å². The summed E-state index contributed by atoms with van der Waals surface area (Å²) in [4.78, 5) is 25.1. The number of nitrogens with one attached hydrogen (secondary N) is 1. The van der Waals surface area contributed by atoms with Gasteiger partial charge in [0.25, 0.3) is 5.91 Å². The standard InChI is InChI=1S/C14H20N2O3/c1-10(2)19-9-13(17)15-12-8-6-5-7-11(12)14(18)16(3)4/h5-8,10H,9H2,1-4H3,(H,15,17). The van der Waals surface area contributed by atoms with E-state index in [1.54, 1.807) is 38.4 Å². The van der Waals surface area contributed by atoms with E-state index in [0.29, 0.717) is 11.3 Å². The molecule has 5 nitrogen and oxygen atoms in total. The number of para-hydroxylation sites is 1. The number of hydrogen-bond donors (Lipinski definition) is 1. The third-order valence-corrected chi connectivity index (χ3v) is 2.39. The van der Waals surface area contributed by atoms with E-state index in [-0.39, 0.29) is 24.5 Å². The van der Waals surface area contributed by atoms with Crippen molar-refractivity contribution in [2.45, 2.75) is 20.0 Å². The van der Waals surface area contributed by atoms with Crippen molar-refractivity contribution in [3.63, 3.8) is 0 Å². The fourth-order valence-corrected chi connectivity index (χ4v) is 1.45. The lowest BCUT2D eigenvalue weighted by Gasteiger charge is -2.15. The van der Waals surface area contributed by atoms with Gasteiger partial charge in [0, 0.05) is 14.1 Å². The Kier molecular flexibility index (Phi) is 5.51. The normalized spacial score (nSPS) is 10.4. The van der Waals surface area contributed by atoms with Crippen molar-refractivity contribution in [1.82, 2.24) is 4.90 Å². The molecule has 0 aromatic heterocycles. The van der Waals surface area contributed by atoms with Gasteiger partial charge in [0.1, 0.15) is 6.61 Å². The van der Waals surface area contributed by atoms with E-state index in [1.807, 2.05) is 13.8 Å². The molecule has 0 aliphatic carbocycles. The number of carbonyl (C=O) groups excluding carboxylic acids is 2. The summed E-state index contributed by atoms with van der Waals surface area (Å²) < 4.78 is 5.22. The molecule has 0 bridgehead atoms. The molecule has 1 aromatic rings. The Morgan fingerprint density at radius 2 is 1.89 bits per heavy atom. The minimum atomic E-state index is -0.271. The first-order chi connectivity index (χ1) is 8.91. The minimum Gasteiger partial charge on any atom is -0.369 e. The van der Waals surface area contributed by atoms with E-state index in [0.717, 1.165) is 0 Å². The molecule has 2 amide bonds. The molecule has 0 aliphatic rings. The predicted octanol–water partition coefficient (Wildman–Crippen LogP) is 1.75. The second kappa shape index (κ2) is 6.89. The minimum absolute atomic E-state index is 0.00981. The lowest BCUT2D eigenvalue weighted by molar-refractivity contribution is -0.121. The maximum Gasteiger partial charge on any atom is 0.255 e. The van der Waals surface area contributed by atoms with E-state index < -0.39 is 0 Å². The summed E-state index contributed by atoms with van der Waals surface area (Å²) in [6, 6.07) is 6.91. The molecule has 0 saturated carbocycles. The fraction of sp³-hybridized carbons (Fsp3) is 0.429. The van der Waals surface area contributed by atoms with Gasteiger partial charge in [0.15, 0.2) is 0 Å². The summed E-state index contributed by atoms with van der Waals surface area (Å²) in [5, 5.41) is 2.69. The first-order valence-corrected chi connectivity index (χ1v) is 6.14. The van der Waals surface area contributed by atoms with Crippen LogP contribution in [-0.4, -0.2) is 43.5 Å². The average Bonchev–Trinajstić information content (AvgIpc) is 2.36. The van der Waals surface area contributed by atoms with Crippen LogP contribution in [0.3, 0.4) is 0 Å². The number of benzene rings is 1. The molecule has 0 unspecified atom stereocenters. The highest BCUT2D eigenvalue weighted by Crippen LogP contribution is 2.16. The summed E-state index contributed by atoms with van der Waals surface area (Å²) in [6.07, 6.45) is -0.00981. The highest BCUT2D eigenvalue weighted by molar-refractivity contribution is 6.03. The Hall–Kier alpha value is -1.88. The number of nitrogens with zero attached hydrogens (tertiary/aromatic N) is 1. The number of carbonyl (C=O) groups is 2. The quantitative estimate of drug-likeness (QED) is 0.881. The van der Waals surface area contributed by atoms with Gasteiger partial charge in [-0.1, -0.05) is 12.1 Å². The van der Waals surface area contributed by atoms with Crippen LogP contribution >= 0.6 is 0 Å². The summed E-state index contributed by atoms with van der Waals surface area (Å²) >= 11 is 0. The lowest BCUT2D eigenvalue weighted by Crippen LogP contribution is -2.25. The smallest absolute Gasteiger partial charge is 0.255 e. The number of ether oxygens (including phenoxy) is 1. The van der Waals surface area contributed by atoms with Crippen LogP contribution in [-0.2, 0) is 9.53 Å². The molecule has 5 heteroatoms. The van der Waals surface area contributed by atoms with Crippen molar-refractivity contribution in [3.8, 4) is 0 Å². The maximum absolute atomic E-state index is 12.0. The molecule has 0 atom stereocenters. The Labute approximate surface area is 113 Å². The van der Waals surface area contributed by atoms with Crippen molar-refractivity contribution in [3.05, 3.63) is 29.8 Å². The molecule has 0 fully saturated rings. The summed E-state index contributed by atoms with van der Waals surface area (Å²) in [7, 11) is 3.34. The summed E-state index contributed by atoms with van der Waals surface area (Å²) in [6.45, 7) is 3.69. The SMILES string of the molecule is CC(C)OCC(=O)Nc1ccccc1C(=O)N(C)C. The second-order valence-corrected chi connectivity index (χ2v) is 4.65. The Bertz CT molecular complexity index is 456.